The Morgan fingerprint density at radius 1 is 1.21 bits per heavy atom. The summed E-state index contributed by atoms with van der Waals surface area (Å²) in [4.78, 5) is 17.4. The van der Waals surface area contributed by atoms with Gasteiger partial charge in [0.1, 0.15) is 12.4 Å². The lowest BCUT2D eigenvalue weighted by Gasteiger charge is -2.36. The number of aliphatic hydroxyl groups is 1. The zero-order valence-electron chi connectivity index (χ0n) is 19.3. The summed E-state index contributed by atoms with van der Waals surface area (Å²) < 4.78 is 27.6. The molecule has 3 heterocycles. The number of carbonyl (C=O) groups is 1. The third kappa shape index (κ3) is 6.09. The Bertz CT molecular complexity index is 947. The molecular weight excluding hydrogens is 440 g/mol. The fraction of sp³-hybridized carbons (Fsp3) is 0.560. The highest BCUT2D eigenvalue weighted by molar-refractivity contribution is 5.95. The first-order chi connectivity index (χ1) is 16.6. The van der Waals surface area contributed by atoms with Crippen LogP contribution in [0.3, 0.4) is 0 Å². The molecule has 1 amide bonds. The van der Waals surface area contributed by atoms with Crippen LogP contribution in [0.15, 0.2) is 41.0 Å². The summed E-state index contributed by atoms with van der Waals surface area (Å²) in [5.74, 6) is 2.56. The minimum atomic E-state index is -0.605. The second kappa shape index (κ2) is 10.8. The minimum Gasteiger partial charge on any atom is -0.467 e. The smallest absolute Gasteiger partial charge is 0.254 e. The van der Waals surface area contributed by atoms with Crippen molar-refractivity contribution in [3.8, 4) is 11.5 Å². The second-order valence-electron chi connectivity index (χ2n) is 9.22. The predicted molar refractivity (Wildman–Crippen MR) is 122 cm³/mol. The van der Waals surface area contributed by atoms with Crippen molar-refractivity contribution >= 4 is 5.91 Å². The lowest BCUT2D eigenvalue weighted by atomic mass is 10.1. The zero-order chi connectivity index (χ0) is 23.3. The Morgan fingerprint density at radius 2 is 2.09 bits per heavy atom. The van der Waals surface area contributed by atoms with Gasteiger partial charge in [0.25, 0.3) is 5.91 Å². The highest BCUT2D eigenvalue weighted by atomic mass is 16.7. The molecule has 0 radical (unpaired) electrons. The van der Waals surface area contributed by atoms with Crippen LogP contribution in [0.1, 0.15) is 29.0 Å². The molecule has 1 aromatic carbocycles. The summed E-state index contributed by atoms with van der Waals surface area (Å²) in [5.41, 5.74) is 0.599. The van der Waals surface area contributed by atoms with Crippen molar-refractivity contribution in [2.75, 3.05) is 52.7 Å². The summed E-state index contributed by atoms with van der Waals surface area (Å²) in [6.07, 6.45) is 3.21. The number of amides is 1. The Morgan fingerprint density at radius 3 is 2.91 bits per heavy atom. The third-order valence-corrected chi connectivity index (χ3v) is 6.33. The van der Waals surface area contributed by atoms with Crippen LogP contribution in [0, 0.1) is 5.92 Å². The van der Waals surface area contributed by atoms with E-state index >= 15 is 0 Å². The molecule has 9 heteroatoms. The molecular formula is C25H32N2O7. The van der Waals surface area contributed by atoms with E-state index in [4.69, 9.17) is 23.4 Å². The molecule has 2 aromatic rings. The molecule has 2 fully saturated rings. The van der Waals surface area contributed by atoms with Crippen LogP contribution in [0.4, 0.5) is 0 Å². The van der Waals surface area contributed by atoms with Crippen LogP contribution < -0.4 is 9.47 Å². The molecule has 1 saturated carbocycles. The van der Waals surface area contributed by atoms with Crippen LogP contribution in [-0.4, -0.2) is 85.8 Å². The van der Waals surface area contributed by atoms with Gasteiger partial charge in [-0.25, -0.2) is 0 Å². The van der Waals surface area contributed by atoms with E-state index in [1.165, 1.54) is 0 Å². The van der Waals surface area contributed by atoms with Crippen molar-refractivity contribution in [1.82, 2.24) is 9.80 Å². The van der Waals surface area contributed by atoms with Crippen LogP contribution >= 0.6 is 0 Å². The number of β-amino-alcohol motifs (C(OH)–C–C–N with tert-alkyl or cyclic N) is 1. The second-order valence-corrected chi connectivity index (χ2v) is 9.22. The van der Waals surface area contributed by atoms with Crippen molar-refractivity contribution in [1.29, 1.82) is 0 Å². The summed E-state index contributed by atoms with van der Waals surface area (Å²) >= 11 is 0. The van der Waals surface area contributed by atoms with E-state index in [0.29, 0.717) is 55.8 Å². The molecule has 3 aliphatic rings. The highest BCUT2D eigenvalue weighted by Crippen LogP contribution is 2.34. The van der Waals surface area contributed by atoms with E-state index in [0.717, 1.165) is 31.7 Å². The number of furan rings is 1. The van der Waals surface area contributed by atoms with E-state index in [2.05, 4.69) is 4.90 Å². The minimum absolute atomic E-state index is 0.0164. The number of carbonyl (C=O) groups excluding carboxylic acids is 1. The van der Waals surface area contributed by atoms with E-state index < -0.39 is 6.10 Å². The maximum atomic E-state index is 13.4. The summed E-state index contributed by atoms with van der Waals surface area (Å²) in [6.45, 7) is 4.48. The van der Waals surface area contributed by atoms with Gasteiger partial charge in [0, 0.05) is 38.3 Å². The van der Waals surface area contributed by atoms with Gasteiger partial charge in [-0.1, -0.05) is 0 Å². The van der Waals surface area contributed by atoms with E-state index in [1.54, 1.807) is 24.5 Å². The molecule has 2 atom stereocenters. The fourth-order valence-electron chi connectivity index (χ4n) is 4.41. The number of hydrogen-bond acceptors (Lipinski definition) is 8. The number of morpholine rings is 1. The van der Waals surface area contributed by atoms with E-state index in [-0.39, 0.29) is 25.4 Å². The van der Waals surface area contributed by atoms with Gasteiger partial charge in [-0.05, 0) is 49.1 Å². The van der Waals surface area contributed by atoms with Crippen molar-refractivity contribution in [3.05, 3.63) is 47.9 Å². The van der Waals surface area contributed by atoms with Gasteiger partial charge in [-0.3, -0.25) is 9.69 Å². The lowest BCUT2D eigenvalue weighted by molar-refractivity contribution is -0.0605. The van der Waals surface area contributed by atoms with Gasteiger partial charge in [0.05, 0.1) is 31.7 Å². The number of ether oxygens (including phenoxy) is 4. The Kier molecular flexibility index (Phi) is 7.34. The van der Waals surface area contributed by atoms with Gasteiger partial charge in [0.2, 0.25) is 6.79 Å². The summed E-state index contributed by atoms with van der Waals surface area (Å²) in [7, 11) is 0. The normalized spacial score (nSPS) is 20.9. The molecule has 1 N–H and O–H groups in total. The van der Waals surface area contributed by atoms with E-state index in [9.17, 15) is 9.90 Å². The third-order valence-electron chi connectivity index (χ3n) is 6.33. The van der Waals surface area contributed by atoms with E-state index in [1.807, 2.05) is 17.0 Å². The standard InChI is InChI=1S/C25H32N2O7/c28-20(15-30-16-21-2-1-8-31-21)12-26-7-9-32-22(13-26)14-27(11-18-3-4-18)25(29)19-5-6-23-24(10-19)34-17-33-23/h1-2,5-6,8,10,18,20,22,28H,3-4,7,9,11-17H2. The average molecular weight is 473 g/mol. The Hall–Kier alpha value is -2.59. The number of hydrogen-bond donors (Lipinski definition) is 1. The SMILES string of the molecule is O=C(c1ccc2c(c1)OCO2)N(CC1CC1)CC1CN(CC(O)COCc2ccco2)CCO1. The molecule has 1 aromatic heterocycles. The fourth-order valence-corrected chi connectivity index (χ4v) is 4.41. The zero-order valence-corrected chi connectivity index (χ0v) is 19.3. The largest absolute Gasteiger partial charge is 0.467 e. The molecule has 34 heavy (non-hydrogen) atoms. The molecule has 0 spiro atoms. The predicted octanol–water partition coefficient (Wildman–Crippen LogP) is 2.14. The van der Waals surface area contributed by atoms with Gasteiger partial charge < -0.3 is 33.4 Å². The maximum absolute atomic E-state index is 13.4. The Labute approximate surface area is 199 Å². The average Bonchev–Trinajstić information content (AvgIpc) is 3.29. The van der Waals surface area contributed by atoms with Gasteiger partial charge in [-0.15, -0.1) is 0 Å². The van der Waals surface area contributed by atoms with Crippen molar-refractivity contribution in [2.24, 2.45) is 5.92 Å². The molecule has 1 saturated heterocycles. The molecule has 5 rings (SSSR count). The van der Waals surface area contributed by atoms with Crippen molar-refractivity contribution in [3.63, 3.8) is 0 Å². The van der Waals surface area contributed by atoms with Crippen molar-refractivity contribution in [2.45, 2.75) is 31.7 Å². The first-order valence-corrected chi connectivity index (χ1v) is 11.9. The topological polar surface area (TPSA) is 93.8 Å². The molecule has 184 valence electrons. The van der Waals surface area contributed by atoms with Crippen LogP contribution in [0.5, 0.6) is 11.5 Å². The van der Waals surface area contributed by atoms with Crippen LogP contribution in [0.25, 0.3) is 0 Å². The quantitative estimate of drug-likeness (QED) is 0.532. The number of benzene rings is 1. The lowest BCUT2D eigenvalue weighted by Crippen LogP contribution is -2.51. The molecule has 2 aliphatic heterocycles. The Balaban J connectivity index is 1.14. The first-order valence-electron chi connectivity index (χ1n) is 11.9. The number of fused-ring (bicyclic) bond motifs is 1. The molecule has 0 bridgehead atoms. The molecule has 9 nitrogen and oxygen atoms in total. The van der Waals surface area contributed by atoms with Gasteiger partial charge in [-0.2, -0.15) is 0 Å². The molecule has 1 aliphatic carbocycles. The maximum Gasteiger partial charge on any atom is 0.254 e. The summed E-state index contributed by atoms with van der Waals surface area (Å²) in [6, 6.07) is 9.00. The first kappa shape index (κ1) is 23.2. The summed E-state index contributed by atoms with van der Waals surface area (Å²) in [5, 5.41) is 10.4. The van der Waals surface area contributed by atoms with Crippen LogP contribution in [0.2, 0.25) is 0 Å². The van der Waals surface area contributed by atoms with Crippen LogP contribution in [-0.2, 0) is 16.1 Å². The van der Waals surface area contributed by atoms with Gasteiger partial charge >= 0.3 is 0 Å². The number of nitrogens with zero attached hydrogens (tertiary/aromatic N) is 2. The van der Waals surface area contributed by atoms with Gasteiger partial charge in [0.15, 0.2) is 11.5 Å². The number of aliphatic hydroxyl groups excluding tert-OH is 1. The monoisotopic (exact) mass is 472 g/mol. The number of rotatable bonds is 11. The highest BCUT2D eigenvalue weighted by Gasteiger charge is 2.31. The molecule has 2 unspecified atom stereocenters. The van der Waals surface area contributed by atoms with Crippen molar-refractivity contribution < 1.29 is 33.3 Å².